The van der Waals surface area contributed by atoms with Crippen molar-refractivity contribution in [3.05, 3.63) is 85.7 Å². The highest BCUT2D eigenvalue weighted by atomic mass is 16.5. The number of nitrogens with one attached hydrogen (secondary N) is 1. The summed E-state index contributed by atoms with van der Waals surface area (Å²) in [5.41, 5.74) is 2.27. The quantitative estimate of drug-likeness (QED) is 0.607. The van der Waals surface area contributed by atoms with Crippen LogP contribution in [0.1, 0.15) is 49.3 Å². The smallest absolute Gasteiger partial charge is 0.337 e. The highest BCUT2D eigenvalue weighted by Crippen LogP contribution is 2.40. The van der Waals surface area contributed by atoms with Gasteiger partial charge in [-0.2, -0.15) is 0 Å². The molecule has 0 spiro atoms. The molecule has 1 aliphatic rings. The molecule has 1 atom stereocenters. The van der Waals surface area contributed by atoms with E-state index in [2.05, 4.69) is 25.7 Å². The zero-order chi connectivity index (χ0) is 22.2. The van der Waals surface area contributed by atoms with E-state index in [1.165, 1.54) is 17.7 Å². The lowest BCUT2D eigenvalue weighted by atomic mass is 9.81. The normalized spacial score (nSPS) is 15.6. The first kappa shape index (κ1) is 21.4. The van der Waals surface area contributed by atoms with Crippen LogP contribution in [-0.4, -0.2) is 21.7 Å². The van der Waals surface area contributed by atoms with E-state index in [-0.39, 0.29) is 6.61 Å². The van der Waals surface area contributed by atoms with E-state index < -0.39 is 23.1 Å². The van der Waals surface area contributed by atoms with Crippen LogP contribution in [0.4, 0.5) is 5.82 Å². The van der Waals surface area contributed by atoms with Gasteiger partial charge in [-0.3, -0.25) is 13.9 Å². The Bertz CT molecular complexity index is 1150. The molecule has 0 aliphatic carbocycles. The number of carbonyl (C=O) groups is 1. The second kappa shape index (κ2) is 8.18. The van der Waals surface area contributed by atoms with Crippen molar-refractivity contribution in [1.29, 1.82) is 0 Å². The number of rotatable bonds is 5. The molecule has 0 unspecified atom stereocenters. The number of nitrogens with zero attached hydrogens (tertiary/aromatic N) is 2. The third-order valence-corrected chi connectivity index (χ3v) is 5.48. The minimum atomic E-state index is -0.662. The topological polar surface area (TPSA) is 82.3 Å². The van der Waals surface area contributed by atoms with E-state index in [1.807, 2.05) is 24.3 Å². The van der Waals surface area contributed by atoms with Crippen molar-refractivity contribution in [2.45, 2.75) is 32.6 Å². The van der Waals surface area contributed by atoms with Crippen molar-refractivity contribution >= 4 is 11.8 Å². The molecule has 0 saturated heterocycles. The van der Waals surface area contributed by atoms with E-state index >= 15 is 0 Å². The molecule has 0 amide bonds. The Hall–Kier alpha value is -3.35. The summed E-state index contributed by atoms with van der Waals surface area (Å²) in [6.07, 6.45) is 1.49. The lowest BCUT2D eigenvalue weighted by Gasteiger charge is -2.31. The number of esters is 1. The van der Waals surface area contributed by atoms with Crippen LogP contribution in [0.25, 0.3) is 0 Å². The average Bonchev–Trinajstić information content (AvgIpc) is 2.73. The Balaban J connectivity index is 2.30. The van der Waals surface area contributed by atoms with Gasteiger partial charge in [-0.05, 0) is 24.0 Å². The largest absolute Gasteiger partial charge is 0.458 e. The Kier molecular flexibility index (Phi) is 5.82. The van der Waals surface area contributed by atoms with Gasteiger partial charge in [0.05, 0.1) is 17.1 Å². The van der Waals surface area contributed by atoms with Gasteiger partial charge in [0, 0.05) is 19.8 Å². The molecule has 0 radical (unpaired) electrons. The van der Waals surface area contributed by atoms with E-state index in [9.17, 15) is 14.4 Å². The maximum absolute atomic E-state index is 13.2. The van der Waals surface area contributed by atoms with Crippen molar-refractivity contribution in [2.24, 2.45) is 14.1 Å². The maximum Gasteiger partial charge on any atom is 0.337 e. The number of hydrogen-bond acceptors (Lipinski definition) is 5. The third kappa shape index (κ3) is 3.51. The van der Waals surface area contributed by atoms with E-state index in [1.54, 1.807) is 14.0 Å². The Morgan fingerprint density at radius 3 is 2.40 bits per heavy atom. The third-order valence-electron chi connectivity index (χ3n) is 5.48. The molecule has 0 saturated carbocycles. The Morgan fingerprint density at radius 2 is 1.83 bits per heavy atom. The lowest BCUT2D eigenvalue weighted by molar-refractivity contribution is -0.138. The molecule has 7 heteroatoms. The molecule has 1 aromatic carbocycles. The van der Waals surface area contributed by atoms with Gasteiger partial charge in [0.1, 0.15) is 12.4 Å². The van der Waals surface area contributed by atoms with Crippen LogP contribution >= 0.6 is 0 Å². The predicted octanol–water partition coefficient (Wildman–Crippen LogP) is 2.77. The predicted molar refractivity (Wildman–Crippen MR) is 117 cm³/mol. The van der Waals surface area contributed by atoms with Crippen molar-refractivity contribution < 1.29 is 9.53 Å². The van der Waals surface area contributed by atoms with E-state index in [4.69, 9.17) is 4.74 Å². The van der Waals surface area contributed by atoms with Gasteiger partial charge in [-0.25, -0.2) is 9.59 Å². The number of ether oxygens (including phenoxy) is 1. The summed E-state index contributed by atoms with van der Waals surface area (Å²) in [7, 11) is 3.03. The number of aromatic nitrogens is 2. The van der Waals surface area contributed by atoms with Crippen LogP contribution in [0.15, 0.2) is 57.8 Å². The molecular weight excluding hydrogens is 382 g/mol. The summed E-state index contributed by atoms with van der Waals surface area (Å²) in [6.45, 7) is 9.59. The summed E-state index contributed by atoms with van der Waals surface area (Å²) in [5, 5.41) is 3.08. The van der Waals surface area contributed by atoms with Crippen molar-refractivity contribution in [2.75, 3.05) is 11.9 Å². The van der Waals surface area contributed by atoms with Gasteiger partial charge in [0.15, 0.2) is 0 Å². The summed E-state index contributed by atoms with van der Waals surface area (Å²) in [6, 6.07) is 7.84. The molecule has 158 valence electrons. The number of hydrogen-bond donors (Lipinski definition) is 1. The molecule has 0 fully saturated rings. The molecule has 0 bridgehead atoms. The number of carbonyl (C=O) groups excluding carboxylic acids is 1. The fourth-order valence-electron chi connectivity index (χ4n) is 3.78. The summed E-state index contributed by atoms with van der Waals surface area (Å²) < 4.78 is 7.77. The summed E-state index contributed by atoms with van der Waals surface area (Å²) in [5.74, 6) is -0.453. The molecule has 1 N–H and O–H groups in total. The van der Waals surface area contributed by atoms with Gasteiger partial charge in [-0.15, -0.1) is 0 Å². The van der Waals surface area contributed by atoms with Crippen molar-refractivity contribution in [1.82, 2.24) is 9.13 Å². The van der Waals surface area contributed by atoms with Crippen molar-refractivity contribution in [3.8, 4) is 0 Å². The minimum absolute atomic E-state index is 0.0623. The van der Waals surface area contributed by atoms with E-state index in [0.717, 1.165) is 15.7 Å². The average molecular weight is 409 g/mol. The number of anilines is 1. The van der Waals surface area contributed by atoms with Gasteiger partial charge >= 0.3 is 11.7 Å². The van der Waals surface area contributed by atoms with Crippen LogP contribution in [-0.2, 0) is 23.6 Å². The molecule has 30 heavy (non-hydrogen) atoms. The van der Waals surface area contributed by atoms with Gasteiger partial charge < -0.3 is 10.1 Å². The summed E-state index contributed by atoms with van der Waals surface area (Å²) >= 11 is 0. The monoisotopic (exact) mass is 409 g/mol. The number of fused-ring (bicyclic) bond motifs is 1. The fourth-order valence-corrected chi connectivity index (χ4v) is 3.78. The first-order chi connectivity index (χ1) is 14.2. The fraction of sp³-hybridized carbons (Fsp3) is 0.348. The van der Waals surface area contributed by atoms with Crippen LogP contribution in [0.3, 0.4) is 0 Å². The lowest BCUT2D eigenvalue weighted by Crippen LogP contribution is -2.43. The second-order valence-electron chi connectivity index (χ2n) is 7.77. The standard InChI is InChI=1S/C23H27N3O4/c1-7-12-30-22(28)17-14(4)24-20-19(21(27)26(6)23(29)25(20)5)18(17)16-10-8-15(9-11-16)13(2)3/h7-11,13,18,24H,1,12H2,2-6H3/t18-/m1/s1. The zero-order valence-electron chi connectivity index (χ0n) is 18.0. The Morgan fingerprint density at radius 1 is 1.20 bits per heavy atom. The van der Waals surface area contributed by atoms with Gasteiger partial charge in [0.2, 0.25) is 0 Å². The van der Waals surface area contributed by atoms with Gasteiger partial charge in [0.25, 0.3) is 5.56 Å². The first-order valence-electron chi connectivity index (χ1n) is 9.84. The van der Waals surface area contributed by atoms with Crippen LogP contribution in [0, 0.1) is 0 Å². The SMILES string of the molecule is C=CCOC(=O)C1=C(C)Nc2c(c(=O)n(C)c(=O)n2C)[C@@H]1c1ccc(C(C)C)cc1. The minimum Gasteiger partial charge on any atom is -0.458 e. The molecule has 7 nitrogen and oxygen atoms in total. The molecule has 2 aromatic rings. The van der Waals surface area contributed by atoms with Crippen LogP contribution in [0.2, 0.25) is 0 Å². The molecule has 1 aliphatic heterocycles. The van der Waals surface area contributed by atoms with E-state index in [0.29, 0.717) is 28.6 Å². The van der Waals surface area contributed by atoms with Crippen molar-refractivity contribution in [3.63, 3.8) is 0 Å². The Labute approximate surface area is 175 Å². The second-order valence-corrected chi connectivity index (χ2v) is 7.77. The summed E-state index contributed by atoms with van der Waals surface area (Å²) in [4.78, 5) is 38.5. The highest BCUT2D eigenvalue weighted by Gasteiger charge is 2.37. The maximum atomic E-state index is 13.2. The number of benzene rings is 1. The highest BCUT2D eigenvalue weighted by molar-refractivity contribution is 5.94. The molecule has 3 rings (SSSR count). The van der Waals surface area contributed by atoms with Crippen LogP contribution in [0.5, 0.6) is 0 Å². The molecule has 2 heterocycles. The number of allylic oxidation sites excluding steroid dienone is 1. The first-order valence-corrected chi connectivity index (χ1v) is 9.84. The molecular formula is C23H27N3O4. The van der Waals surface area contributed by atoms with Crippen LogP contribution < -0.4 is 16.6 Å². The molecule has 1 aromatic heterocycles. The van der Waals surface area contributed by atoms with Gasteiger partial charge in [-0.1, -0.05) is 50.8 Å². The zero-order valence-corrected chi connectivity index (χ0v) is 18.0.